The van der Waals surface area contributed by atoms with E-state index in [0.29, 0.717) is 0 Å². The van der Waals surface area contributed by atoms with E-state index in [1.54, 1.807) is 0 Å². The number of hydrogen-bond donors (Lipinski definition) is 0. The Morgan fingerprint density at radius 3 is 2.54 bits per heavy atom. The van der Waals surface area contributed by atoms with Crippen molar-refractivity contribution < 1.29 is 26.3 Å². The van der Waals surface area contributed by atoms with Crippen molar-refractivity contribution in [2.45, 2.75) is 24.9 Å². The Balaban J connectivity index is 1.88. The molecule has 1 aromatic carbocycles. The molecule has 0 N–H and O–H groups in total. The maximum absolute atomic E-state index is 14.0. The molecule has 0 amide bonds. The van der Waals surface area contributed by atoms with Gasteiger partial charge in [-0.25, -0.2) is 13.2 Å². The first-order valence-electron chi connectivity index (χ1n) is 7.66. The summed E-state index contributed by atoms with van der Waals surface area (Å²) in [5.74, 6) is -4.62. The molecule has 0 saturated heterocycles. The molecule has 1 fully saturated rings. The van der Waals surface area contributed by atoms with Gasteiger partial charge in [0.2, 0.25) is 0 Å². The van der Waals surface area contributed by atoms with Gasteiger partial charge in [0.05, 0.1) is 0 Å². The summed E-state index contributed by atoms with van der Waals surface area (Å²) in [6, 6.07) is 6.95. The van der Waals surface area contributed by atoms with Crippen LogP contribution < -0.4 is 0 Å². The molecule has 9 heteroatoms. The summed E-state index contributed by atoms with van der Waals surface area (Å²) >= 11 is 0. The van der Waals surface area contributed by atoms with Crippen molar-refractivity contribution in [3.63, 3.8) is 0 Å². The first kappa shape index (κ1) is 16.9. The Bertz CT molecular complexity index is 992. The summed E-state index contributed by atoms with van der Waals surface area (Å²) in [6.07, 6.45) is -4.10. The molecule has 3 nitrogen and oxygen atoms in total. The molecule has 2 heterocycles. The summed E-state index contributed by atoms with van der Waals surface area (Å²) in [6.45, 7) is 0. The second-order valence-electron chi connectivity index (χ2n) is 6.18. The van der Waals surface area contributed by atoms with E-state index < -0.39 is 40.6 Å². The molecule has 0 aliphatic heterocycles. The van der Waals surface area contributed by atoms with Gasteiger partial charge in [-0.15, -0.1) is 10.2 Å². The minimum atomic E-state index is -4.84. The van der Waals surface area contributed by atoms with Gasteiger partial charge in [0, 0.05) is 36.1 Å². The fourth-order valence-electron chi connectivity index (χ4n) is 2.99. The number of fused-ring (bicyclic) bond motifs is 1. The number of halogens is 6. The van der Waals surface area contributed by atoms with E-state index in [-0.39, 0.29) is 24.2 Å². The van der Waals surface area contributed by atoms with Gasteiger partial charge in [-0.1, -0.05) is 12.1 Å². The van der Waals surface area contributed by atoms with Gasteiger partial charge in [0.25, 0.3) is 5.92 Å². The second kappa shape index (κ2) is 5.46. The molecule has 1 atom stereocenters. The van der Waals surface area contributed by atoms with Crippen molar-refractivity contribution in [2.24, 2.45) is 5.92 Å². The average Bonchev–Trinajstić information content (AvgIpc) is 2.97. The first-order valence-corrected chi connectivity index (χ1v) is 7.66. The van der Waals surface area contributed by atoms with Crippen molar-refractivity contribution in [1.29, 1.82) is 0 Å². The Kier molecular flexibility index (Phi) is 3.54. The predicted molar refractivity (Wildman–Crippen MR) is 79.0 cm³/mol. The van der Waals surface area contributed by atoms with E-state index in [9.17, 15) is 26.3 Å². The van der Waals surface area contributed by atoms with Crippen LogP contribution in [-0.2, 0) is 12.6 Å². The van der Waals surface area contributed by atoms with Gasteiger partial charge in [-0.2, -0.15) is 13.2 Å². The van der Waals surface area contributed by atoms with Crippen molar-refractivity contribution >= 4 is 5.65 Å². The maximum atomic E-state index is 14.0. The molecule has 1 unspecified atom stereocenters. The normalized spacial score (nSPS) is 19.1. The number of pyridine rings is 1. The molecule has 1 saturated carbocycles. The standard InChI is InChI=1S/C17H10F6N3/c18-12-4-2-1-3-10(12)11-5-6-26-13(7-9-8-16(9,19)20)24-25-15(26)14(11)17(21,22)23/h1,3-6,9H,7-8H2. The molecule has 1 radical (unpaired) electrons. The van der Waals surface area contributed by atoms with Gasteiger partial charge in [0.1, 0.15) is 17.2 Å². The number of rotatable bonds is 3. The zero-order chi connectivity index (χ0) is 18.7. The quantitative estimate of drug-likeness (QED) is 0.633. The Labute approximate surface area is 143 Å². The molecule has 0 spiro atoms. The van der Waals surface area contributed by atoms with E-state index in [1.807, 2.05) is 0 Å². The Morgan fingerprint density at radius 1 is 1.19 bits per heavy atom. The zero-order valence-electron chi connectivity index (χ0n) is 13.0. The van der Waals surface area contributed by atoms with E-state index >= 15 is 0 Å². The lowest BCUT2D eigenvalue weighted by Gasteiger charge is -2.14. The molecule has 1 aliphatic rings. The van der Waals surface area contributed by atoms with Crippen molar-refractivity contribution in [1.82, 2.24) is 14.6 Å². The van der Waals surface area contributed by atoms with Gasteiger partial charge in [-0.05, 0) is 18.2 Å². The smallest absolute Gasteiger partial charge is 0.286 e. The fraction of sp³-hybridized carbons (Fsp3) is 0.294. The third-order valence-corrected chi connectivity index (χ3v) is 4.42. The largest absolute Gasteiger partial charge is 0.420 e. The third-order valence-electron chi connectivity index (χ3n) is 4.42. The SMILES string of the molecule is Fc1c[c]ccc1-c1ccn2c(CC3CC3(F)F)nnc2c1C(F)(F)F. The van der Waals surface area contributed by atoms with Crippen molar-refractivity contribution in [3.8, 4) is 11.1 Å². The third kappa shape index (κ3) is 2.71. The lowest BCUT2D eigenvalue weighted by atomic mass is 10.00. The van der Waals surface area contributed by atoms with Crippen LogP contribution in [0.4, 0.5) is 26.3 Å². The zero-order valence-corrected chi connectivity index (χ0v) is 13.0. The highest BCUT2D eigenvalue weighted by Gasteiger charge is 2.57. The molecule has 1 aliphatic carbocycles. The molecular weight excluding hydrogens is 360 g/mol. The van der Waals surface area contributed by atoms with Crippen LogP contribution in [0.2, 0.25) is 0 Å². The minimum Gasteiger partial charge on any atom is -0.286 e. The van der Waals surface area contributed by atoms with Gasteiger partial charge < -0.3 is 0 Å². The van der Waals surface area contributed by atoms with Gasteiger partial charge in [-0.3, -0.25) is 4.40 Å². The molecule has 4 rings (SSSR count). The molecule has 2 aromatic heterocycles. The van der Waals surface area contributed by atoms with E-state index in [4.69, 9.17) is 0 Å². The average molecular weight is 370 g/mol. The van der Waals surface area contributed by atoms with Gasteiger partial charge in [0.15, 0.2) is 5.65 Å². The number of nitrogens with zero attached hydrogens (tertiary/aromatic N) is 3. The van der Waals surface area contributed by atoms with Crippen LogP contribution in [0.25, 0.3) is 16.8 Å². The number of aromatic nitrogens is 3. The molecule has 135 valence electrons. The Hall–Kier alpha value is -2.58. The van der Waals surface area contributed by atoms with E-state index in [1.165, 1.54) is 18.3 Å². The van der Waals surface area contributed by atoms with Crippen LogP contribution in [0.15, 0.2) is 30.5 Å². The maximum Gasteiger partial charge on any atom is 0.420 e. The second-order valence-corrected chi connectivity index (χ2v) is 6.18. The van der Waals surface area contributed by atoms with Crippen molar-refractivity contribution in [2.75, 3.05) is 0 Å². The fourth-order valence-corrected chi connectivity index (χ4v) is 2.99. The van der Waals surface area contributed by atoms with E-state index in [0.717, 1.165) is 16.5 Å². The topological polar surface area (TPSA) is 30.2 Å². The Morgan fingerprint density at radius 2 is 1.92 bits per heavy atom. The molecule has 26 heavy (non-hydrogen) atoms. The monoisotopic (exact) mass is 370 g/mol. The minimum absolute atomic E-state index is 0.0149. The summed E-state index contributed by atoms with van der Waals surface area (Å²) in [7, 11) is 0. The summed E-state index contributed by atoms with van der Waals surface area (Å²) in [4.78, 5) is 0. The van der Waals surface area contributed by atoms with Crippen LogP contribution in [0, 0.1) is 17.8 Å². The van der Waals surface area contributed by atoms with Crippen molar-refractivity contribution in [3.05, 3.63) is 53.7 Å². The van der Waals surface area contributed by atoms with Crippen LogP contribution in [0.3, 0.4) is 0 Å². The highest BCUT2D eigenvalue weighted by atomic mass is 19.4. The highest BCUT2D eigenvalue weighted by molar-refractivity contribution is 5.74. The number of hydrogen-bond acceptors (Lipinski definition) is 2. The molecule has 3 aromatic rings. The highest BCUT2D eigenvalue weighted by Crippen LogP contribution is 2.50. The molecule has 0 bridgehead atoms. The van der Waals surface area contributed by atoms with Crippen LogP contribution in [0.1, 0.15) is 17.8 Å². The first-order chi connectivity index (χ1) is 12.2. The number of benzene rings is 1. The van der Waals surface area contributed by atoms with Crippen LogP contribution >= 0.6 is 0 Å². The number of alkyl halides is 5. The summed E-state index contributed by atoms with van der Waals surface area (Å²) in [5, 5.41) is 7.20. The van der Waals surface area contributed by atoms with Gasteiger partial charge >= 0.3 is 6.18 Å². The predicted octanol–water partition coefficient (Wildman–Crippen LogP) is 4.55. The van der Waals surface area contributed by atoms with E-state index in [2.05, 4.69) is 16.3 Å². The summed E-state index contributed by atoms with van der Waals surface area (Å²) in [5.41, 5.74) is -2.35. The summed E-state index contributed by atoms with van der Waals surface area (Å²) < 4.78 is 82.2. The van der Waals surface area contributed by atoms with Crippen LogP contribution in [-0.4, -0.2) is 20.5 Å². The lowest BCUT2D eigenvalue weighted by molar-refractivity contribution is -0.136. The lowest BCUT2D eigenvalue weighted by Crippen LogP contribution is -2.11. The molecular formula is C17H10F6N3. The van der Waals surface area contributed by atoms with Crippen LogP contribution in [0.5, 0.6) is 0 Å².